The fraction of sp³-hybridized carbons (Fsp3) is 0.200. The summed E-state index contributed by atoms with van der Waals surface area (Å²) in [6.07, 6.45) is -3.30. The van der Waals surface area contributed by atoms with Crippen molar-refractivity contribution in [2.24, 2.45) is 0 Å². The molecule has 0 aromatic heterocycles. The van der Waals surface area contributed by atoms with Crippen molar-refractivity contribution < 1.29 is 15.1 Å². The van der Waals surface area contributed by atoms with Gasteiger partial charge in [-0.25, -0.2) is 0 Å². The Labute approximate surface area is 95.9 Å². The van der Waals surface area contributed by atoms with Gasteiger partial charge in [-0.1, -0.05) is 0 Å². The van der Waals surface area contributed by atoms with Crippen LogP contribution in [-0.2, 0) is 0 Å². The maximum absolute atomic E-state index is 10.6. The highest BCUT2D eigenvalue weighted by atomic mass is 16.6. The first kappa shape index (κ1) is 12.6. The predicted molar refractivity (Wildman–Crippen MR) is 54.4 cm³/mol. The highest BCUT2D eigenvalue weighted by Gasteiger charge is 2.21. The normalized spacial score (nSPS) is 13.2. The molecule has 0 radical (unpaired) electrons. The third kappa shape index (κ3) is 2.75. The summed E-state index contributed by atoms with van der Waals surface area (Å²) in [5.74, 6) is 0. The predicted octanol–water partition coefficient (Wildman–Crippen LogP) is 0.384. The van der Waals surface area contributed by atoms with Gasteiger partial charge in [-0.15, -0.1) is 0 Å². The van der Waals surface area contributed by atoms with Crippen molar-refractivity contribution in [1.82, 2.24) is 0 Å². The summed E-state index contributed by atoms with van der Waals surface area (Å²) in [4.78, 5) is 9.84. The van der Waals surface area contributed by atoms with E-state index in [-0.39, 0.29) is 16.8 Å². The molecule has 0 spiro atoms. The Bertz CT molecular complexity index is 529. The highest BCUT2D eigenvalue weighted by Crippen LogP contribution is 2.23. The zero-order chi connectivity index (χ0) is 13.0. The second-order valence-corrected chi connectivity index (χ2v) is 3.20. The van der Waals surface area contributed by atoms with E-state index in [1.807, 2.05) is 0 Å². The Hall–Kier alpha value is -2.48. The number of nitro groups is 1. The minimum absolute atomic E-state index is 0.0293. The molecule has 2 N–H and O–H groups in total. The lowest BCUT2D eigenvalue weighted by Crippen LogP contribution is -2.16. The van der Waals surface area contributed by atoms with E-state index in [9.17, 15) is 15.2 Å². The summed E-state index contributed by atoms with van der Waals surface area (Å²) in [7, 11) is 0. The van der Waals surface area contributed by atoms with Crippen molar-refractivity contribution in [2.75, 3.05) is 0 Å². The maximum Gasteiger partial charge on any atom is 0.271 e. The lowest BCUT2D eigenvalue weighted by Gasteiger charge is -2.11. The maximum atomic E-state index is 10.6. The number of aliphatic hydroxyl groups excluding tert-OH is 2. The largest absolute Gasteiger partial charge is 0.385 e. The van der Waals surface area contributed by atoms with Crippen molar-refractivity contribution >= 4 is 5.69 Å². The van der Waals surface area contributed by atoms with Crippen LogP contribution in [0.5, 0.6) is 0 Å². The molecular formula is C10H7N3O4. The van der Waals surface area contributed by atoms with Crippen LogP contribution in [0, 0.1) is 32.8 Å². The van der Waals surface area contributed by atoms with Crippen molar-refractivity contribution in [1.29, 1.82) is 10.5 Å². The Kier molecular flexibility index (Phi) is 3.73. The summed E-state index contributed by atoms with van der Waals surface area (Å²) < 4.78 is 0. The lowest BCUT2D eigenvalue weighted by molar-refractivity contribution is -0.385. The average Bonchev–Trinajstić information content (AvgIpc) is 2.36. The number of hydrogen-bond acceptors (Lipinski definition) is 6. The van der Waals surface area contributed by atoms with Gasteiger partial charge in [0.2, 0.25) is 0 Å². The lowest BCUT2D eigenvalue weighted by atomic mass is 10.0. The minimum Gasteiger partial charge on any atom is -0.385 e. The SMILES string of the molecule is N#Cc1cc(C(O)C(O)C#N)cc([N+](=O)[O-])c1. The van der Waals surface area contributed by atoms with Gasteiger partial charge in [0.15, 0.2) is 6.10 Å². The molecule has 2 atom stereocenters. The van der Waals surface area contributed by atoms with Crippen LogP contribution < -0.4 is 0 Å². The van der Waals surface area contributed by atoms with E-state index < -0.39 is 17.1 Å². The molecule has 7 nitrogen and oxygen atoms in total. The molecule has 17 heavy (non-hydrogen) atoms. The van der Waals surface area contributed by atoms with E-state index >= 15 is 0 Å². The average molecular weight is 233 g/mol. The monoisotopic (exact) mass is 233 g/mol. The molecule has 0 aliphatic rings. The van der Waals surface area contributed by atoms with Gasteiger partial charge in [-0.05, 0) is 11.6 Å². The second kappa shape index (κ2) is 5.03. The zero-order valence-electron chi connectivity index (χ0n) is 8.44. The smallest absolute Gasteiger partial charge is 0.271 e. The van der Waals surface area contributed by atoms with Gasteiger partial charge in [0.1, 0.15) is 6.10 Å². The number of nitrogens with zero attached hydrogens (tertiary/aromatic N) is 3. The molecule has 0 amide bonds. The van der Waals surface area contributed by atoms with Gasteiger partial charge in [-0.3, -0.25) is 10.1 Å². The number of nitriles is 2. The number of non-ortho nitro benzene ring substituents is 1. The van der Waals surface area contributed by atoms with Gasteiger partial charge in [0.25, 0.3) is 5.69 Å². The molecule has 7 heteroatoms. The van der Waals surface area contributed by atoms with Crippen LogP contribution in [-0.4, -0.2) is 21.2 Å². The van der Waals surface area contributed by atoms with E-state index in [2.05, 4.69) is 0 Å². The molecule has 86 valence electrons. The van der Waals surface area contributed by atoms with Crippen LogP contribution in [0.25, 0.3) is 0 Å². The Morgan fingerprint density at radius 2 is 1.94 bits per heavy atom. The number of aliphatic hydroxyl groups is 2. The minimum atomic E-state index is -1.71. The standard InChI is InChI=1S/C10H7N3O4/c11-4-6-1-7(10(15)9(14)5-12)3-8(2-6)13(16)17/h1-3,9-10,14-15H. The Morgan fingerprint density at radius 1 is 1.29 bits per heavy atom. The van der Waals surface area contributed by atoms with E-state index in [4.69, 9.17) is 15.6 Å². The summed E-state index contributed by atoms with van der Waals surface area (Å²) in [6, 6.07) is 6.32. The van der Waals surface area contributed by atoms with E-state index in [1.54, 1.807) is 6.07 Å². The summed E-state index contributed by atoms with van der Waals surface area (Å²) in [6.45, 7) is 0. The summed E-state index contributed by atoms with van der Waals surface area (Å²) >= 11 is 0. The molecule has 0 saturated heterocycles. The number of hydrogen-bond donors (Lipinski definition) is 2. The van der Waals surface area contributed by atoms with Crippen molar-refractivity contribution in [2.45, 2.75) is 12.2 Å². The van der Waals surface area contributed by atoms with Gasteiger partial charge in [0, 0.05) is 12.1 Å². The van der Waals surface area contributed by atoms with Gasteiger partial charge in [-0.2, -0.15) is 10.5 Å². The van der Waals surface area contributed by atoms with Crippen LogP contribution >= 0.6 is 0 Å². The molecule has 0 heterocycles. The van der Waals surface area contributed by atoms with Gasteiger partial charge in [0.05, 0.1) is 22.6 Å². The molecule has 1 aromatic rings. The molecule has 2 unspecified atom stereocenters. The highest BCUT2D eigenvalue weighted by molar-refractivity contribution is 5.45. The van der Waals surface area contributed by atoms with Crippen molar-refractivity contribution in [3.05, 3.63) is 39.4 Å². The molecule has 0 saturated carbocycles. The zero-order valence-corrected chi connectivity index (χ0v) is 8.44. The molecule has 0 aliphatic heterocycles. The number of benzene rings is 1. The first-order valence-electron chi connectivity index (χ1n) is 4.45. The fourth-order valence-electron chi connectivity index (χ4n) is 1.23. The van der Waals surface area contributed by atoms with Gasteiger partial charge >= 0.3 is 0 Å². The van der Waals surface area contributed by atoms with Crippen LogP contribution in [0.15, 0.2) is 18.2 Å². The Balaban J connectivity index is 3.26. The fourth-order valence-corrected chi connectivity index (χ4v) is 1.23. The quantitative estimate of drug-likeness (QED) is 0.440. The van der Waals surface area contributed by atoms with Crippen LogP contribution in [0.3, 0.4) is 0 Å². The van der Waals surface area contributed by atoms with E-state index in [0.29, 0.717) is 0 Å². The molecule has 1 aromatic carbocycles. The first-order chi connectivity index (χ1) is 7.99. The van der Waals surface area contributed by atoms with Crippen molar-refractivity contribution in [3.63, 3.8) is 0 Å². The Morgan fingerprint density at radius 3 is 2.41 bits per heavy atom. The first-order valence-corrected chi connectivity index (χ1v) is 4.45. The molecular weight excluding hydrogens is 226 g/mol. The van der Waals surface area contributed by atoms with Crippen LogP contribution in [0.4, 0.5) is 5.69 Å². The molecule has 1 rings (SSSR count). The summed E-state index contributed by atoms with van der Waals surface area (Å²) in [5.41, 5.74) is -0.466. The number of rotatable bonds is 3. The molecule has 0 aliphatic carbocycles. The summed E-state index contributed by atoms with van der Waals surface area (Å²) in [5, 5.41) is 46.3. The van der Waals surface area contributed by atoms with Crippen LogP contribution in [0.2, 0.25) is 0 Å². The second-order valence-electron chi connectivity index (χ2n) is 3.20. The molecule has 0 fully saturated rings. The van der Waals surface area contributed by atoms with E-state index in [0.717, 1.165) is 12.1 Å². The third-order valence-corrected chi connectivity index (χ3v) is 2.05. The third-order valence-electron chi connectivity index (χ3n) is 2.05. The van der Waals surface area contributed by atoms with E-state index in [1.165, 1.54) is 12.1 Å². The number of nitro benzene ring substituents is 1. The van der Waals surface area contributed by atoms with Crippen molar-refractivity contribution in [3.8, 4) is 12.1 Å². The molecule has 0 bridgehead atoms. The van der Waals surface area contributed by atoms with Crippen LogP contribution in [0.1, 0.15) is 17.2 Å². The topological polar surface area (TPSA) is 131 Å². The van der Waals surface area contributed by atoms with Gasteiger partial charge < -0.3 is 10.2 Å².